The fraction of sp³-hybridized carbons (Fsp3) is 0.417. The maximum Gasteiger partial charge on any atom is 0.242 e. The van der Waals surface area contributed by atoms with Crippen LogP contribution < -0.4 is 5.32 Å². The number of carbonyl (C=O) groups excluding carboxylic acids is 1. The van der Waals surface area contributed by atoms with Crippen LogP contribution in [0.2, 0.25) is 10.0 Å². The van der Waals surface area contributed by atoms with Crippen LogP contribution in [0.5, 0.6) is 5.75 Å². The van der Waals surface area contributed by atoms with Crippen LogP contribution in [0.3, 0.4) is 0 Å². The fourth-order valence-corrected chi connectivity index (χ4v) is 4.40. The van der Waals surface area contributed by atoms with Gasteiger partial charge in [-0.05, 0) is 25.0 Å². The summed E-state index contributed by atoms with van der Waals surface area (Å²) in [5.41, 5.74) is 0.253. The van der Waals surface area contributed by atoms with E-state index in [9.17, 15) is 18.3 Å². The zero-order valence-electron chi connectivity index (χ0n) is 10.4. The van der Waals surface area contributed by atoms with Crippen molar-refractivity contribution in [2.24, 2.45) is 0 Å². The van der Waals surface area contributed by atoms with Crippen LogP contribution in [0.15, 0.2) is 12.1 Å². The standard InChI is InChI=1S/C12H13Cl2NO4S/c13-8-5-7(6-9(14)11(8)16)15-12(17)10-3-1-2-4-20(10,18)19/h5-6,10,16H,1-4H2,(H,15,17). The smallest absolute Gasteiger partial charge is 0.242 e. The second kappa shape index (κ2) is 5.79. The zero-order chi connectivity index (χ0) is 14.9. The van der Waals surface area contributed by atoms with Gasteiger partial charge in [0.25, 0.3) is 0 Å². The summed E-state index contributed by atoms with van der Waals surface area (Å²) < 4.78 is 23.7. The Hall–Kier alpha value is -0.980. The predicted molar refractivity (Wildman–Crippen MR) is 78.2 cm³/mol. The number of halogens is 2. The van der Waals surface area contributed by atoms with Crippen molar-refractivity contribution < 1.29 is 18.3 Å². The van der Waals surface area contributed by atoms with Gasteiger partial charge in [-0.2, -0.15) is 0 Å². The first-order chi connectivity index (χ1) is 9.31. The molecule has 0 bridgehead atoms. The van der Waals surface area contributed by atoms with E-state index >= 15 is 0 Å². The highest BCUT2D eigenvalue weighted by Gasteiger charge is 2.34. The van der Waals surface area contributed by atoms with E-state index in [1.807, 2.05) is 0 Å². The van der Waals surface area contributed by atoms with Gasteiger partial charge in [-0.25, -0.2) is 8.42 Å². The van der Waals surface area contributed by atoms with E-state index in [4.69, 9.17) is 23.2 Å². The zero-order valence-corrected chi connectivity index (χ0v) is 12.7. The number of nitrogens with one attached hydrogen (secondary N) is 1. The van der Waals surface area contributed by atoms with Gasteiger partial charge in [0, 0.05) is 5.69 Å². The predicted octanol–water partition coefficient (Wildman–Crippen LogP) is 2.60. The highest BCUT2D eigenvalue weighted by Crippen LogP contribution is 2.35. The Morgan fingerprint density at radius 1 is 1.25 bits per heavy atom. The van der Waals surface area contributed by atoms with Gasteiger partial charge in [0.15, 0.2) is 15.6 Å². The summed E-state index contributed by atoms with van der Waals surface area (Å²) in [6.45, 7) is 0. The molecule has 5 nitrogen and oxygen atoms in total. The van der Waals surface area contributed by atoms with Crippen molar-refractivity contribution in [3.8, 4) is 5.75 Å². The Bertz CT molecular complexity index is 622. The van der Waals surface area contributed by atoms with Crippen LogP contribution in [0, 0.1) is 0 Å². The molecule has 1 aromatic carbocycles. The third-order valence-corrected chi connectivity index (χ3v) is 5.91. The number of amides is 1. The Kier molecular flexibility index (Phi) is 4.46. The molecule has 0 aromatic heterocycles. The SMILES string of the molecule is O=C(Nc1cc(Cl)c(O)c(Cl)c1)C1CCCCS1(=O)=O. The fourth-order valence-electron chi connectivity index (χ4n) is 2.11. The van der Waals surface area contributed by atoms with Gasteiger partial charge >= 0.3 is 0 Å². The highest BCUT2D eigenvalue weighted by atomic mass is 35.5. The first-order valence-corrected chi connectivity index (χ1v) is 8.49. The summed E-state index contributed by atoms with van der Waals surface area (Å²) in [4.78, 5) is 12.1. The third-order valence-electron chi connectivity index (χ3n) is 3.16. The number of sulfone groups is 1. The van der Waals surface area contributed by atoms with Crippen molar-refractivity contribution in [3.05, 3.63) is 22.2 Å². The Morgan fingerprint density at radius 3 is 2.40 bits per heavy atom. The van der Waals surface area contributed by atoms with Crippen molar-refractivity contribution in [3.63, 3.8) is 0 Å². The molecule has 110 valence electrons. The number of phenolic OH excluding ortho intramolecular Hbond substituents is 1. The van der Waals surface area contributed by atoms with Crippen molar-refractivity contribution in [1.82, 2.24) is 0 Å². The van der Waals surface area contributed by atoms with Gasteiger partial charge in [0.1, 0.15) is 5.25 Å². The first kappa shape index (κ1) is 15.4. The average molecular weight is 338 g/mol. The van der Waals surface area contributed by atoms with Crippen molar-refractivity contribution in [2.45, 2.75) is 24.5 Å². The summed E-state index contributed by atoms with van der Waals surface area (Å²) in [5.74, 6) is -0.846. The number of phenols is 1. The topological polar surface area (TPSA) is 83.5 Å². The monoisotopic (exact) mass is 337 g/mol. The summed E-state index contributed by atoms with van der Waals surface area (Å²) in [5, 5.41) is 10.8. The van der Waals surface area contributed by atoms with E-state index in [-0.39, 0.29) is 27.2 Å². The van der Waals surface area contributed by atoms with Gasteiger partial charge in [0.05, 0.1) is 15.8 Å². The van der Waals surface area contributed by atoms with Crippen LogP contribution in [0.4, 0.5) is 5.69 Å². The van der Waals surface area contributed by atoms with Crippen LogP contribution in [-0.4, -0.2) is 30.4 Å². The Morgan fingerprint density at radius 2 is 1.85 bits per heavy atom. The van der Waals surface area contributed by atoms with Gasteiger partial charge in [0.2, 0.25) is 5.91 Å². The molecule has 0 saturated carbocycles. The molecule has 1 fully saturated rings. The van der Waals surface area contributed by atoms with Crippen LogP contribution >= 0.6 is 23.2 Å². The van der Waals surface area contributed by atoms with Gasteiger partial charge in [-0.15, -0.1) is 0 Å². The lowest BCUT2D eigenvalue weighted by Crippen LogP contribution is -2.39. The van der Waals surface area contributed by atoms with Crippen LogP contribution in [0.25, 0.3) is 0 Å². The van der Waals surface area contributed by atoms with Crippen molar-refractivity contribution >= 4 is 44.6 Å². The molecule has 0 spiro atoms. The van der Waals surface area contributed by atoms with Gasteiger partial charge in [-0.3, -0.25) is 4.79 Å². The molecule has 0 aliphatic carbocycles. The Labute approximate surface area is 126 Å². The lowest BCUT2D eigenvalue weighted by Gasteiger charge is -2.21. The molecule has 8 heteroatoms. The minimum absolute atomic E-state index is 0.0145. The molecule has 1 unspecified atom stereocenters. The summed E-state index contributed by atoms with van der Waals surface area (Å²) in [7, 11) is -3.40. The molecule has 0 radical (unpaired) electrons. The minimum atomic E-state index is -3.40. The summed E-state index contributed by atoms with van der Waals surface area (Å²) in [6, 6.07) is 2.63. The van der Waals surface area contributed by atoms with Crippen molar-refractivity contribution in [1.29, 1.82) is 0 Å². The number of hydrogen-bond acceptors (Lipinski definition) is 4. The first-order valence-electron chi connectivity index (χ1n) is 6.02. The molecular formula is C12H13Cl2NO4S. The van der Waals surface area contributed by atoms with E-state index in [2.05, 4.69) is 5.32 Å². The highest BCUT2D eigenvalue weighted by molar-refractivity contribution is 7.92. The molecule has 20 heavy (non-hydrogen) atoms. The lowest BCUT2D eigenvalue weighted by atomic mass is 10.2. The molecule has 1 aliphatic rings. The van der Waals surface area contributed by atoms with Gasteiger partial charge < -0.3 is 10.4 Å². The maximum absolute atomic E-state index is 12.1. The Balaban J connectivity index is 2.20. The molecule has 1 amide bonds. The van der Waals surface area contributed by atoms with E-state index in [1.54, 1.807) is 0 Å². The second-order valence-corrected chi connectivity index (χ2v) is 7.75. The molecular weight excluding hydrogens is 325 g/mol. The molecule has 2 N–H and O–H groups in total. The average Bonchev–Trinajstić information content (AvgIpc) is 2.35. The number of benzene rings is 1. The second-order valence-electron chi connectivity index (χ2n) is 4.63. The van der Waals surface area contributed by atoms with Gasteiger partial charge in [-0.1, -0.05) is 29.6 Å². The normalized spacial score (nSPS) is 21.4. The van der Waals surface area contributed by atoms with E-state index in [0.717, 1.165) is 0 Å². The molecule has 1 aliphatic heterocycles. The number of aromatic hydroxyl groups is 1. The van der Waals surface area contributed by atoms with Crippen LogP contribution in [-0.2, 0) is 14.6 Å². The molecule has 1 heterocycles. The maximum atomic E-state index is 12.1. The number of hydrogen-bond donors (Lipinski definition) is 2. The van der Waals surface area contributed by atoms with E-state index < -0.39 is 21.0 Å². The molecule has 2 rings (SSSR count). The quantitative estimate of drug-likeness (QED) is 0.812. The number of carbonyl (C=O) groups is 1. The number of anilines is 1. The van der Waals surface area contributed by atoms with Crippen LogP contribution in [0.1, 0.15) is 19.3 Å². The molecule has 1 aromatic rings. The minimum Gasteiger partial charge on any atom is -0.505 e. The molecule has 1 atom stereocenters. The van der Waals surface area contributed by atoms with E-state index in [1.165, 1.54) is 12.1 Å². The van der Waals surface area contributed by atoms with E-state index in [0.29, 0.717) is 19.3 Å². The molecule has 1 saturated heterocycles. The third kappa shape index (κ3) is 3.19. The summed E-state index contributed by atoms with van der Waals surface area (Å²) >= 11 is 11.5. The number of rotatable bonds is 2. The lowest BCUT2D eigenvalue weighted by molar-refractivity contribution is -0.116. The summed E-state index contributed by atoms with van der Waals surface area (Å²) in [6.07, 6.45) is 1.60. The largest absolute Gasteiger partial charge is 0.505 e. The van der Waals surface area contributed by atoms with Crippen molar-refractivity contribution in [2.75, 3.05) is 11.1 Å².